The summed E-state index contributed by atoms with van der Waals surface area (Å²) in [4.78, 5) is 58.1. The third-order valence-electron chi connectivity index (χ3n) is 10.3. The summed E-state index contributed by atoms with van der Waals surface area (Å²) < 4.78 is 62.9. The standard InChI is InChI=1S/C35H39N7O10S2/c36-27-21-40(54(50,51)30-12-6-5-11-28(30)42(46)47)17-7-1-2-9-23-19-35(23,34(45)39-53(48,49)25-13-14-25)38-31(43)29-18-24(20-41(29)33(27)44)52-32-26-10-4-3-8-22(26)15-16-37-32/h2-6,8-12,15-16,23-25,27,29H,1,7,13-14,17-21,36H2,(H,38,43)(H,39,45)/b9-2-/t23-,24-,27+,29+,35-/m1/s1. The molecule has 54 heavy (non-hydrogen) atoms. The summed E-state index contributed by atoms with van der Waals surface area (Å²) in [5.41, 5.74) is 4.19. The first-order valence-electron chi connectivity index (χ1n) is 17.6. The number of para-hydroxylation sites is 1. The number of nitrogens with zero attached hydrogens (tertiary/aromatic N) is 4. The molecule has 17 nitrogen and oxygen atoms in total. The third kappa shape index (κ3) is 7.27. The molecule has 2 aliphatic carbocycles. The van der Waals surface area contributed by atoms with E-state index in [1.165, 1.54) is 17.0 Å². The van der Waals surface area contributed by atoms with Gasteiger partial charge in [0, 0.05) is 43.1 Å². The number of nitrogens with two attached hydrogens (primary N) is 1. The van der Waals surface area contributed by atoms with Crippen LogP contribution in [0.1, 0.15) is 38.5 Å². The molecule has 5 atom stereocenters. The van der Waals surface area contributed by atoms with Crippen LogP contribution in [0.3, 0.4) is 0 Å². The maximum Gasteiger partial charge on any atom is 0.289 e. The van der Waals surface area contributed by atoms with E-state index in [0.717, 1.165) is 21.8 Å². The van der Waals surface area contributed by atoms with Crippen LogP contribution in [-0.4, -0.2) is 102 Å². The number of allylic oxidation sites excluding steroid dienone is 1. The summed E-state index contributed by atoms with van der Waals surface area (Å²) in [5.74, 6) is -2.78. The Bertz CT molecular complexity index is 2260. The van der Waals surface area contributed by atoms with Crippen LogP contribution in [0.2, 0.25) is 0 Å². The normalized spacial score (nSPS) is 27.5. The van der Waals surface area contributed by atoms with Crippen molar-refractivity contribution in [2.45, 2.75) is 72.4 Å². The lowest BCUT2D eigenvalue weighted by Gasteiger charge is -2.30. The highest BCUT2D eigenvalue weighted by Gasteiger charge is 2.62. The first kappa shape index (κ1) is 37.3. The number of nitro groups is 1. The quantitative estimate of drug-likeness (QED) is 0.167. The highest BCUT2D eigenvalue weighted by Crippen LogP contribution is 2.46. The molecule has 3 heterocycles. The van der Waals surface area contributed by atoms with Gasteiger partial charge in [-0.2, -0.15) is 4.31 Å². The van der Waals surface area contributed by atoms with E-state index in [9.17, 15) is 41.3 Å². The zero-order chi connectivity index (χ0) is 38.4. The van der Waals surface area contributed by atoms with Gasteiger partial charge in [0.2, 0.25) is 37.7 Å². The Hall–Kier alpha value is -4.98. The first-order valence-corrected chi connectivity index (χ1v) is 20.5. The van der Waals surface area contributed by atoms with Gasteiger partial charge in [-0.25, -0.2) is 21.8 Å². The van der Waals surface area contributed by atoms with Gasteiger partial charge in [-0.05, 0) is 55.7 Å². The summed E-state index contributed by atoms with van der Waals surface area (Å²) in [6, 6.07) is 11.2. The fraction of sp³-hybridized carbons (Fsp3) is 0.429. The lowest BCUT2D eigenvalue weighted by atomic mass is 10.1. The van der Waals surface area contributed by atoms with Crippen molar-refractivity contribution < 1.29 is 40.9 Å². The minimum Gasteiger partial charge on any atom is -0.472 e. The molecule has 3 fully saturated rings. The van der Waals surface area contributed by atoms with Crippen LogP contribution < -0.4 is 20.5 Å². The average Bonchev–Trinajstić information content (AvgIpc) is 4.07. The maximum absolute atomic E-state index is 14.2. The van der Waals surface area contributed by atoms with Crippen molar-refractivity contribution in [3.05, 3.63) is 83.1 Å². The van der Waals surface area contributed by atoms with E-state index in [1.807, 2.05) is 24.3 Å². The molecule has 4 N–H and O–H groups in total. The predicted molar refractivity (Wildman–Crippen MR) is 194 cm³/mol. The number of ether oxygens (including phenoxy) is 1. The zero-order valence-electron chi connectivity index (χ0n) is 28.9. The van der Waals surface area contributed by atoms with Gasteiger partial charge in [-0.3, -0.25) is 29.2 Å². The van der Waals surface area contributed by atoms with Gasteiger partial charge in [-0.15, -0.1) is 0 Å². The SMILES string of the molecule is N[C@H]1CN(S(=O)(=O)c2ccccc2[N+](=O)[O-])CCC/C=C\[C@@H]2C[C@@]2(C(=O)NS(=O)(=O)C2CC2)NC(=O)[C@@H]2C[C@@H](Oc3nccc4ccccc34)CN2C1=O. The molecule has 19 heteroatoms. The summed E-state index contributed by atoms with van der Waals surface area (Å²) >= 11 is 0. The number of carbonyl (C=O) groups excluding carboxylic acids is 3. The minimum absolute atomic E-state index is 0.0635. The first-order chi connectivity index (χ1) is 25.7. The number of rotatable bonds is 8. The molecule has 3 amide bonds. The number of nitro benzene ring substituents is 1. The van der Waals surface area contributed by atoms with Crippen molar-refractivity contribution in [2.75, 3.05) is 19.6 Å². The molecule has 1 saturated heterocycles. The Morgan fingerprint density at radius 2 is 1.80 bits per heavy atom. The number of aromatic nitrogens is 1. The number of benzene rings is 2. The molecule has 3 aromatic rings. The summed E-state index contributed by atoms with van der Waals surface area (Å²) in [6.07, 6.45) is 5.48. The number of hydrogen-bond acceptors (Lipinski definition) is 12. The van der Waals surface area contributed by atoms with Crippen molar-refractivity contribution in [1.82, 2.24) is 24.2 Å². The summed E-state index contributed by atoms with van der Waals surface area (Å²) in [5, 5.41) is 15.4. The third-order valence-corrected chi connectivity index (χ3v) is 14.0. The molecule has 2 saturated carbocycles. The molecule has 0 unspecified atom stereocenters. The number of pyridine rings is 1. The Morgan fingerprint density at radius 3 is 2.56 bits per heavy atom. The highest BCUT2D eigenvalue weighted by molar-refractivity contribution is 7.91. The molecular weight excluding hydrogens is 743 g/mol. The van der Waals surface area contributed by atoms with Crippen LogP contribution >= 0.6 is 0 Å². The smallest absolute Gasteiger partial charge is 0.289 e. The van der Waals surface area contributed by atoms with Gasteiger partial charge in [0.05, 0.1) is 22.8 Å². The molecule has 2 aliphatic heterocycles. The van der Waals surface area contributed by atoms with Crippen LogP contribution in [0.15, 0.2) is 77.8 Å². The van der Waals surface area contributed by atoms with Crippen LogP contribution in [0.25, 0.3) is 10.8 Å². The number of hydrogen-bond donors (Lipinski definition) is 3. The van der Waals surface area contributed by atoms with E-state index in [0.29, 0.717) is 18.2 Å². The second-order valence-corrected chi connectivity index (χ2v) is 17.9. The molecule has 0 radical (unpaired) electrons. The fourth-order valence-corrected chi connectivity index (χ4v) is 10.1. The van der Waals surface area contributed by atoms with Gasteiger partial charge in [-0.1, -0.05) is 42.5 Å². The van der Waals surface area contributed by atoms with Gasteiger partial charge in [0.15, 0.2) is 4.90 Å². The number of nitrogens with one attached hydrogen (secondary N) is 2. The van der Waals surface area contributed by atoms with Crippen molar-refractivity contribution in [2.24, 2.45) is 11.7 Å². The molecule has 7 rings (SSSR count). The van der Waals surface area contributed by atoms with Crippen molar-refractivity contribution >= 4 is 54.2 Å². The predicted octanol–water partition coefficient (Wildman–Crippen LogP) is 1.34. The molecular formula is C35H39N7O10S2. The van der Waals surface area contributed by atoms with Crippen molar-refractivity contribution in [3.63, 3.8) is 0 Å². The number of amides is 3. The number of fused-ring (bicyclic) bond motifs is 3. The van der Waals surface area contributed by atoms with Crippen LogP contribution in [0.5, 0.6) is 5.88 Å². The fourth-order valence-electron chi connectivity index (χ4n) is 7.12. The summed E-state index contributed by atoms with van der Waals surface area (Å²) in [7, 11) is -8.52. The largest absolute Gasteiger partial charge is 0.472 e. The number of sulfonamides is 2. The van der Waals surface area contributed by atoms with E-state index >= 15 is 0 Å². The zero-order valence-corrected chi connectivity index (χ0v) is 30.6. The second kappa shape index (κ2) is 14.3. The molecule has 4 aliphatic rings. The molecule has 1 aromatic heterocycles. The van der Waals surface area contributed by atoms with E-state index in [4.69, 9.17) is 10.5 Å². The van der Waals surface area contributed by atoms with Gasteiger partial charge < -0.3 is 20.7 Å². The Kier molecular flexibility index (Phi) is 9.92. The maximum atomic E-state index is 14.2. The van der Waals surface area contributed by atoms with Gasteiger partial charge in [0.1, 0.15) is 17.7 Å². The lowest BCUT2D eigenvalue weighted by Crippen LogP contribution is -2.58. The van der Waals surface area contributed by atoms with Gasteiger partial charge in [0.25, 0.3) is 11.6 Å². The highest BCUT2D eigenvalue weighted by atomic mass is 32.2. The van der Waals surface area contributed by atoms with E-state index in [-0.39, 0.29) is 44.7 Å². The van der Waals surface area contributed by atoms with Crippen LogP contribution in [0.4, 0.5) is 5.69 Å². The Balaban J connectivity index is 1.22. The van der Waals surface area contributed by atoms with E-state index < -0.39 is 94.7 Å². The minimum atomic E-state index is -4.56. The average molecular weight is 782 g/mol. The van der Waals surface area contributed by atoms with Crippen molar-refractivity contribution in [1.29, 1.82) is 0 Å². The monoisotopic (exact) mass is 781 g/mol. The molecule has 2 aromatic carbocycles. The molecule has 286 valence electrons. The molecule has 0 bridgehead atoms. The second-order valence-electron chi connectivity index (χ2n) is 14.0. The number of carbonyl (C=O) groups is 3. The Morgan fingerprint density at radius 1 is 1.06 bits per heavy atom. The van der Waals surface area contributed by atoms with Crippen LogP contribution in [0, 0.1) is 16.0 Å². The van der Waals surface area contributed by atoms with E-state index in [2.05, 4.69) is 15.0 Å². The summed E-state index contributed by atoms with van der Waals surface area (Å²) in [6.45, 7) is -0.897. The lowest BCUT2D eigenvalue weighted by molar-refractivity contribution is -0.387. The Labute approximate surface area is 311 Å². The molecule has 0 spiro atoms. The van der Waals surface area contributed by atoms with Crippen LogP contribution in [-0.2, 0) is 34.4 Å². The topological polar surface area (TPSA) is 241 Å². The van der Waals surface area contributed by atoms with Crippen molar-refractivity contribution in [3.8, 4) is 5.88 Å². The van der Waals surface area contributed by atoms with E-state index in [1.54, 1.807) is 24.4 Å². The van der Waals surface area contributed by atoms with Gasteiger partial charge >= 0.3 is 0 Å².